The van der Waals surface area contributed by atoms with Crippen molar-refractivity contribution in [2.45, 2.75) is 63.5 Å². The number of unbranched alkanes of at least 4 members (excludes halogenated alkanes) is 2. The summed E-state index contributed by atoms with van der Waals surface area (Å²) in [6.07, 6.45) is 8.77. The maximum absolute atomic E-state index is 11.9. The highest BCUT2D eigenvalue weighted by atomic mass is 32.2. The lowest BCUT2D eigenvalue weighted by Gasteiger charge is -2.25. The van der Waals surface area contributed by atoms with Crippen LogP contribution in [0.3, 0.4) is 0 Å². The molecule has 2 aliphatic rings. The first-order valence-electron chi connectivity index (χ1n) is 11.1. The van der Waals surface area contributed by atoms with Crippen LogP contribution in [-0.2, 0) is 10.3 Å². The number of ether oxygens (including phenoxy) is 1. The largest absolute Gasteiger partial charge is 0.493 e. The fourth-order valence-electron chi connectivity index (χ4n) is 3.49. The van der Waals surface area contributed by atoms with Gasteiger partial charge < -0.3 is 19.7 Å². The molecule has 1 unspecified atom stereocenters. The Hall–Kier alpha value is -1.73. The third-order valence-corrected chi connectivity index (χ3v) is 6.92. The molecule has 1 atom stereocenters. The Morgan fingerprint density at radius 2 is 2.13 bits per heavy atom. The molecule has 2 saturated carbocycles. The standard InChI is InChI=1S/C23H35N3O3S/c1-18(16-27)26(22(28)24-2)13-4-3-5-14-30-25-23(11-12-23)20-7-6-8-21(15-20)29-17-19-9-10-19/h6-8,15-16,18-19,25H,3-5,9-14,17H2,1-2H3,(H,24,28). The van der Waals surface area contributed by atoms with Gasteiger partial charge in [0.2, 0.25) is 0 Å². The van der Waals surface area contributed by atoms with Crippen molar-refractivity contribution >= 4 is 24.3 Å². The molecule has 0 aromatic heterocycles. The number of rotatable bonds is 14. The molecule has 3 rings (SSSR count). The van der Waals surface area contributed by atoms with Crippen molar-refractivity contribution in [2.24, 2.45) is 5.92 Å². The first-order valence-corrected chi connectivity index (χ1v) is 12.1. The molecule has 7 heteroatoms. The second-order valence-electron chi connectivity index (χ2n) is 8.50. The van der Waals surface area contributed by atoms with E-state index in [2.05, 4.69) is 34.3 Å². The van der Waals surface area contributed by atoms with Gasteiger partial charge in [0, 0.05) is 19.3 Å². The highest BCUT2D eigenvalue weighted by Crippen LogP contribution is 2.47. The van der Waals surface area contributed by atoms with Crippen molar-refractivity contribution in [3.8, 4) is 5.75 Å². The monoisotopic (exact) mass is 433 g/mol. The summed E-state index contributed by atoms with van der Waals surface area (Å²) >= 11 is 1.79. The average molecular weight is 434 g/mol. The van der Waals surface area contributed by atoms with Crippen LogP contribution in [0.15, 0.2) is 24.3 Å². The van der Waals surface area contributed by atoms with Crippen molar-refractivity contribution in [3.05, 3.63) is 29.8 Å². The van der Waals surface area contributed by atoms with Crippen LogP contribution in [0.2, 0.25) is 0 Å². The summed E-state index contributed by atoms with van der Waals surface area (Å²) in [7, 11) is 1.60. The van der Waals surface area contributed by atoms with Crippen molar-refractivity contribution in [2.75, 3.05) is 26.0 Å². The Morgan fingerprint density at radius 1 is 1.33 bits per heavy atom. The van der Waals surface area contributed by atoms with E-state index in [0.29, 0.717) is 6.54 Å². The van der Waals surface area contributed by atoms with Crippen LogP contribution in [0, 0.1) is 5.92 Å². The molecule has 0 bridgehead atoms. The minimum atomic E-state index is -0.389. The van der Waals surface area contributed by atoms with E-state index < -0.39 is 0 Å². The molecule has 0 heterocycles. The number of benzene rings is 1. The van der Waals surface area contributed by atoms with Crippen LogP contribution in [0.1, 0.15) is 57.4 Å². The van der Waals surface area contributed by atoms with Gasteiger partial charge in [-0.05, 0) is 69.1 Å². The Morgan fingerprint density at radius 3 is 2.80 bits per heavy atom. The lowest BCUT2D eigenvalue weighted by Crippen LogP contribution is -2.45. The van der Waals surface area contributed by atoms with Crippen molar-refractivity contribution in [1.82, 2.24) is 14.9 Å². The van der Waals surface area contributed by atoms with E-state index in [-0.39, 0.29) is 17.6 Å². The lowest BCUT2D eigenvalue weighted by atomic mass is 10.1. The molecule has 0 radical (unpaired) electrons. The summed E-state index contributed by atoms with van der Waals surface area (Å²) in [5, 5.41) is 2.61. The first kappa shape index (κ1) is 22.9. The molecular weight excluding hydrogens is 398 g/mol. The van der Waals surface area contributed by atoms with Crippen LogP contribution in [0.5, 0.6) is 5.75 Å². The third-order valence-electron chi connectivity index (χ3n) is 5.90. The van der Waals surface area contributed by atoms with Gasteiger partial charge in [-0.25, -0.2) is 4.79 Å². The van der Waals surface area contributed by atoms with E-state index >= 15 is 0 Å². The molecule has 2 fully saturated rings. The number of urea groups is 1. The second-order valence-corrected chi connectivity index (χ2v) is 9.40. The maximum Gasteiger partial charge on any atom is 0.317 e. The normalized spacial score (nSPS) is 17.8. The molecule has 2 amide bonds. The Labute approximate surface area is 184 Å². The number of nitrogens with one attached hydrogen (secondary N) is 2. The van der Waals surface area contributed by atoms with E-state index in [9.17, 15) is 9.59 Å². The Kier molecular flexibility index (Phi) is 8.45. The molecule has 2 N–H and O–H groups in total. The number of hydrogen-bond donors (Lipinski definition) is 2. The van der Waals surface area contributed by atoms with Crippen molar-refractivity contribution in [1.29, 1.82) is 0 Å². The maximum atomic E-state index is 11.9. The van der Waals surface area contributed by atoms with Gasteiger partial charge in [-0.1, -0.05) is 30.5 Å². The minimum Gasteiger partial charge on any atom is -0.493 e. The van der Waals surface area contributed by atoms with E-state index in [4.69, 9.17) is 4.74 Å². The fraction of sp³-hybridized carbons (Fsp3) is 0.652. The lowest BCUT2D eigenvalue weighted by molar-refractivity contribution is -0.111. The van der Waals surface area contributed by atoms with Gasteiger partial charge in [0.05, 0.1) is 18.2 Å². The summed E-state index contributed by atoms with van der Waals surface area (Å²) in [5.74, 6) is 2.79. The van der Waals surface area contributed by atoms with Gasteiger partial charge >= 0.3 is 6.03 Å². The Balaban J connectivity index is 1.34. The highest BCUT2D eigenvalue weighted by molar-refractivity contribution is 7.97. The van der Waals surface area contributed by atoms with Crippen LogP contribution in [0.4, 0.5) is 4.79 Å². The van der Waals surface area contributed by atoms with Gasteiger partial charge in [-0.3, -0.25) is 4.72 Å². The predicted molar refractivity (Wildman–Crippen MR) is 122 cm³/mol. The number of carbonyl (C=O) groups is 2. The summed E-state index contributed by atoms with van der Waals surface area (Å²) in [4.78, 5) is 24.5. The van der Waals surface area contributed by atoms with Gasteiger partial charge in [-0.15, -0.1) is 0 Å². The smallest absolute Gasteiger partial charge is 0.317 e. The van der Waals surface area contributed by atoms with E-state index in [1.165, 1.54) is 18.4 Å². The molecule has 0 saturated heterocycles. The first-order chi connectivity index (χ1) is 14.6. The zero-order valence-corrected chi connectivity index (χ0v) is 19.0. The molecule has 1 aromatic carbocycles. The van der Waals surface area contributed by atoms with Crippen molar-refractivity contribution in [3.63, 3.8) is 0 Å². The number of amides is 2. The molecule has 1 aromatic rings. The SMILES string of the molecule is CNC(=O)N(CCCCCSNC1(c2cccc(OCC3CC3)c2)CC1)C(C)C=O. The fourth-order valence-corrected chi connectivity index (χ4v) is 4.54. The number of hydrogen-bond acceptors (Lipinski definition) is 5. The number of nitrogens with zero attached hydrogens (tertiary/aromatic N) is 1. The zero-order valence-electron chi connectivity index (χ0n) is 18.2. The Bertz CT molecular complexity index is 707. The summed E-state index contributed by atoms with van der Waals surface area (Å²) in [5.41, 5.74) is 1.42. The molecular formula is C23H35N3O3S. The molecule has 166 valence electrons. The predicted octanol–water partition coefficient (Wildman–Crippen LogP) is 4.10. The van der Waals surface area contributed by atoms with E-state index in [1.807, 2.05) is 0 Å². The topological polar surface area (TPSA) is 70.7 Å². The van der Waals surface area contributed by atoms with Crippen molar-refractivity contribution < 1.29 is 14.3 Å². The highest BCUT2D eigenvalue weighted by Gasteiger charge is 2.44. The van der Waals surface area contributed by atoms with Crippen LogP contribution in [-0.4, -0.2) is 49.2 Å². The number of aldehydes is 1. The summed E-state index contributed by atoms with van der Waals surface area (Å²) in [6.45, 7) is 3.21. The molecule has 30 heavy (non-hydrogen) atoms. The third kappa shape index (κ3) is 6.64. The molecule has 0 spiro atoms. The van der Waals surface area contributed by atoms with Gasteiger partial charge in [-0.2, -0.15) is 0 Å². The van der Waals surface area contributed by atoms with E-state index in [1.54, 1.807) is 30.8 Å². The molecule has 0 aliphatic heterocycles. The van der Waals surface area contributed by atoms with Gasteiger partial charge in [0.15, 0.2) is 0 Å². The average Bonchev–Trinajstić information content (AvgIpc) is 3.69. The van der Waals surface area contributed by atoms with Gasteiger partial charge in [0.25, 0.3) is 0 Å². The quantitative estimate of drug-likeness (QED) is 0.263. The second kappa shape index (κ2) is 11.0. The van der Waals surface area contributed by atoms with Crippen LogP contribution in [0.25, 0.3) is 0 Å². The number of carbonyl (C=O) groups excluding carboxylic acids is 2. The summed E-state index contributed by atoms with van der Waals surface area (Å²) in [6, 6.07) is 7.98. The minimum absolute atomic E-state index is 0.0963. The van der Waals surface area contributed by atoms with E-state index in [0.717, 1.165) is 62.4 Å². The zero-order chi connectivity index (χ0) is 21.4. The van der Waals surface area contributed by atoms with Crippen LogP contribution < -0.4 is 14.8 Å². The van der Waals surface area contributed by atoms with Crippen LogP contribution >= 0.6 is 11.9 Å². The molecule has 2 aliphatic carbocycles. The van der Waals surface area contributed by atoms with Gasteiger partial charge in [0.1, 0.15) is 12.0 Å². The summed E-state index contributed by atoms with van der Waals surface area (Å²) < 4.78 is 9.63. The molecule has 6 nitrogen and oxygen atoms in total.